The summed E-state index contributed by atoms with van der Waals surface area (Å²) in [4.78, 5) is 10.3. The SMILES string of the molecule is Cc1cccc(N(C)c2ncc(N)cn2)c1. The standard InChI is InChI=1S/C12H14N4/c1-9-4-3-5-11(6-9)16(2)12-14-7-10(13)8-15-12/h3-8H,13H2,1-2H3. The van der Waals surface area contributed by atoms with Crippen molar-refractivity contribution in [2.45, 2.75) is 6.92 Å². The van der Waals surface area contributed by atoms with Gasteiger partial charge in [-0.15, -0.1) is 0 Å². The van der Waals surface area contributed by atoms with E-state index >= 15 is 0 Å². The van der Waals surface area contributed by atoms with Crippen molar-refractivity contribution in [1.29, 1.82) is 0 Å². The number of benzene rings is 1. The Morgan fingerprint density at radius 2 is 1.88 bits per heavy atom. The van der Waals surface area contributed by atoms with Crippen LogP contribution in [0.4, 0.5) is 17.3 Å². The monoisotopic (exact) mass is 214 g/mol. The van der Waals surface area contributed by atoms with Crippen LogP contribution in [0.1, 0.15) is 5.56 Å². The van der Waals surface area contributed by atoms with Crippen LogP contribution in [0.25, 0.3) is 0 Å². The molecule has 2 rings (SSSR count). The molecule has 0 atom stereocenters. The Kier molecular flexibility index (Phi) is 2.72. The highest BCUT2D eigenvalue weighted by Gasteiger charge is 2.05. The van der Waals surface area contributed by atoms with Crippen molar-refractivity contribution in [2.24, 2.45) is 0 Å². The number of nitrogens with zero attached hydrogens (tertiary/aromatic N) is 3. The molecular formula is C12H14N4. The van der Waals surface area contributed by atoms with Crippen LogP contribution in [0.2, 0.25) is 0 Å². The fourth-order valence-corrected chi connectivity index (χ4v) is 1.46. The molecule has 4 nitrogen and oxygen atoms in total. The van der Waals surface area contributed by atoms with E-state index in [1.54, 1.807) is 12.4 Å². The summed E-state index contributed by atoms with van der Waals surface area (Å²) < 4.78 is 0. The maximum Gasteiger partial charge on any atom is 0.229 e. The van der Waals surface area contributed by atoms with Gasteiger partial charge in [0, 0.05) is 12.7 Å². The highest BCUT2D eigenvalue weighted by atomic mass is 15.2. The van der Waals surface area contributed by atoms with Crippen molar-refractivity contribution in [1.82, 2.24) is 9.97 Å². The van der Waals surface area contributed by atoms with Crippen LogP contribution in [0.5, 0.6) is 0 Å². The highest BCUT2D eigenvalue weighted by Crippen LogP contribution is 2.20. The van der Waals surface area contributed by atoms with Gasteiger partial charge in [-0.2, -0.15) is 0 Å². The summed E-state index contributed by atoms with van der Waals surface area (Å²) in [6, 6.07) is 8.17. The van der Waals surface area contributed by atoms with Gasteiger partial charge in [0.25, 0.3) is 0 Å². The largest absolute Gasteiger partial charge is 0.396 e. The quantitative estimate of drug-likeness (QED) is 0.832. The Morgan fingerprint density at radius 3 is 2.50 bits per heavy atom. The number of nitrogens with two attached hydrogens (primary N) is 1. The molecule has 16 heavy (non-hydrogen) atoms. The smallest absolute Gasteiger partial charge is 0.229 e. The topological polar surface area (TPSA) is 55.0 Å². The third-order valence-electron chi connectivity index (χ3n) is 2.35. The Morgan fingerprint density at radius 1 is 1.19 bits per heavy atom. The number of anilines is 3. The van der Waals surface area contributed by atoms with E-state index < -0.39 is 0 Å². The molecular weight excluding hydrogens is 200 g/mol. The Labute approximate surface area is 94.8 Å². The third-order valence-corrected chi connectivity index (χ3v) is 2.35. The van der Waals surface area contributed by atoms with Crippen LogP contribution in [0, 0.1) is 6.92 Å². The lowest BCUT2D eigenvalue weighted by Gasteiger charge is -2.17. The van der Waals surface area contributed by atoms with Crippen LogP contribution in [-0.2, 0) is 0 Å². The van der Waals surface area contributed by atoms with Crippen molar-refractivity contribution < 1.29 is 0 Å². The lowest BCUT2D eigenvalue weighted by Crippen LogP contribution is -2.13. The summed E-state index contributed by atoms with van der Waals surface area (Å²) in [5, 5.41) is 0. The number of aromatic nitrogens is 2. The molecule has 0 unspecified atom stereocenters. The lowest BCUT2D eigenvalue weighted by molar-refractivity contribution is 1.04. The molecule has 0 radical (unpaired) electrons. The summed E-state index contributed by atoms with van der Waals surface area (Å²) in [6.07, 6.45) is 3.21. The minimum absolute atomic E-state index is 0.571. The second-order valence-corrected chi connectivity index (χ2v) is 3.71. The van der Waals surface area contributed by atoms with E-state index in [2.05, 4.69) is 29.0 Å². The average molecular weight is 214 g/mol. The minimum Gasteiger partial charge on any atom is -0.396 e. The van der Waals surface area contributed by atoms with Crippen LogP contribution < -0.4 is 10.6 Å². The second-order valence-electron chi connectivity index (χ2n) is 3.71. The normalized spacial score (nSPS) is 10.1. The summed E-state index contributed by atoms with van der Waals surface area (Å²) >= 11 is 0. The van der Waals surface area contributed by atoms with Gasteiger partial charge < -0.3 is 10.6 Å². The van der Waals surface area contributed by atoms with Crippen molar-refractivity contribution in [3.05, 3.63) is 42.2 Å². The van der Waals surface area contributed by atoms with Gasteiger partial charge in [0.1, 0.15) is 0 Å². The second kappa shape index (κ2) is 4.18. The molecule has 0 fully saturated rings. The molecule has 2 aromatic rings. The first-order valence-corrected chi connectivity index (χ1v) is 5.05. The van der Waals surface area contributed by atoms with E-state index in [9.17, 15) is 0 Å². The van der Waals surface area contributed by atoms with Crippen molar-refractivity contribution in [3.63, 3.8) is 0 Å². The summed E-state index contributed by atoms with van der Waals surface area (Å²) in [6.45, 7) is 2.06. The fraction of sp³-hybridized carbons (Fsp3) is 0.167. The fourth-order valence-electron chi connectivity index (χ4n) is 1.46. The van der Waals surface area contributed by atoms with E-state index in [0.29, 0.717) is 11.6 Å². The first-order chi connectivity index (χ1) is 7.66. The Balaban J connectivity index is 2.31. The molecule has 0 saturated heterocycles. The molecule has 0 aliphatic heterocycles. The van der Waals surface area contributed by atoms with Crippen LogP contribution in [0.3, 0.4) is 0 Å². The number of aryl methyl sites for hydroxylation is 1. The zero-order chi connectivity index (χ0) is 11.5. The molecule has 0 aliphatic rings. The first-order valence-electron chi connectivity index (χ1n) is 5.05. The predicted molar refractivity (Wildman–Crippen MR) is 65.7 cm³/mol. The summed E-state index contributed by atoms with van der Waals surface area (Å²) in [5.74, 6) is 0.639. The molecule has 82 valence electrons. The van der Waals surface area contributed by atoms with Crippen LogP contribution in [-0.4, -0.2) is 17.0 Å². The van der Waals surface area contributed by atoms with Gasteiger partial charge in [-0.1, -0.05) is 12.1 Å². The third kappa shape index (κ3) is 2.11. The van der Waals surface area contributed by atoms with Gasteiger partial charge in [0.2, 0.25) is 5.95 Å². The van der Waals surface area contributed by atoms with E-state index in [-0.39, 0.29) is 0 Å². The lowest BCUT2D eigenvalue weighted by atomic mass is 10.2. The van der Waals surface area contributed by atoms with E-state index in [0.717, 1.165) is 5.69 Å². The number of rotatable bonds is 2. The number of hydrogen-bond acceptors (Lipinski definition) is 4. The Hall–Kier alpha value is -2.10. The predicted octanol–water partition coefficient (Wildman–Crippen LogP) is 2.14. The van der Waals surface area contributed by atoms with E-state index in [1.165, 1.54) is 5.56 Å². The van der Waals surface area contributed by atoms with Gasteiger partial charge in [-0.05, 0) is 24.6 Å². The van der Waals surface area contributed by atoms with Crippen LogP contribution in [0.15, 0.2) is 36.7 Å². The maximum absolute atomic E-state index is 5.55. The van der Waals surface area contributed by atoms with E-state index in [1.807, 2.05) is 24.1 Å². The molecule has 0 amide bonds. The maximum atomic E-state index is 5.55. The zero-order valence-electron chi connectivity index (χ0n) is 9.38. The van der Waals surface area contributed by atoms with Gasteiger partial charge in [-0.3, -0.25) is 0 Å². The van der Waals surface area contributed by atoms with Gasteiger partial charge in [-0.25, -0.2) is 9.97 Å². The van der Waals surface area contributed by atoms with E-state index in [4.69, 9.17) is 5.73 Å². The molecule has 0 bridgehead atoms. The molecule has 0 saturated carbocycles. The minimum atomic E-state index is 0.571. The van der Waals surface area contributed by atoms with Crippen molar-refractivity contribution in [3.8, 4) is 0 Å². The molecule has 4 heteroatoms. The van der Waals surface area contributed by atoms with Gasteiger partial charge in [0.15, 0.2) is 0 Å². The zero-order valence-corrected chi connectivity index (χ0v) is 9.38. The van der Waals surface area contributed by atoms with Crippen molar-refractivity contribution in [2.75, 3.05) is 17.7 Å². The van der Waals surface area contributed by atoms with Crippen molar-refractivity contribution >= 4 is 17.3 Å². The highest BCUT2D eigenvalue weighted by molar-refractivity contribution is 5.57. The van der Waals surface area contributed by atoms with Gasteiger partial charge in [0.05, 0.1) is 18.1 Å². The molecule has 2 N–H and O–H groups in total. The van der Waals surface area contributed by atoms with Gasteiger partial charge >= 0.3 is 0 Å². The number of nitrogen functional groups attached to an aromatic ring is 1. The van der Waals surface area contributed by atoms with Crippen LogP contribution >= 0.6 is 0 Å². The first kappa shape index (κ1) is 10.4. The molecule has 0 aliphatic carbocycles. The summed E-state index contributed by atoms with van der Waals surface area (Å²) in [5.41, 5.74) is 8.38. The number of hydrogen-bond donors (Lipinski definition) is 1. The summed E-state index contributed by atoms with van der Waals surface area (Å²) in [7, 11) is 1.93. The Bertz CT molecular complexity index is 479. The molecule has 1 aromatic heterocycles. The average Bonchev–Trinajstić information content (AvgIpc) is 2.29. The molecule has 1 heterocycles. The molecule has 1 aromatic carbocycles. The molecule has 0 spiro atoms.